The van der Waals surface area contributed by atoms with Crippen LogP contribution in [0, 0.1) is 11.3 Å². The lowest BCUT2D eigenvalue weighted by Crippen LogP contribution is -2.48. The molecular formula is C15H14Cl2O2. The van der Waals surface area contributed by atoms with Crippen LogP contribution in [0.3, 0.4) is 0 Å². The molecule has 2 aliphatic rings. The van der Waals surface area contributed by atoms with Crippen molar-refractivity contribution in [1.29, 1.82) is 0 Å². The Kier molecular flexibility index (Phi) is 2.83. The summed E-state index contributed by atoms with van der Waals surface area (Å²) >= 11 is 11.8. The molecule has 1 fully saturated rings. The van der Waals surface area contributed by atoms with Crippen molar-refractivity contribution < 1.29 is 9.90 Å². The maximum atomic E-state index is 12.6. The van der Waals surface area contributed by atoms with Gasteiger partial charge in [0, 0.05) is 11.0 Å². The average Bonchev–Trinajstić information content (AvgIpc) is 2.85. The first-order valence-electron chi connectivity index (χ1n) is 6.27. The number of allylic oxidation sites excluding steroid dienone is 1. The molecule has 2 bridgehead atoms. The van der Waals surface area contributed by atoms with Crippen molar-refractivity contribution in [3.8, 4) is 0 Å². The van der Waals surface area contributed by atoms with Crippen LogP contribution in [0.5, 0.6) is 0 Å². The third-order valence-corrected chi connectivity index (χ3v) is 5.22. The van der Waals surface area contributed by atoms with Gasteiger partial charge in [-0.3, -0.25) is 4.79 Å². The summed E-state index contributed by atoms with van der Waals surface area (Å²) in [5.74, 6) is 0.0298. The monoisotopic (exact) mass is 296 g/mol. The molecule has 19 heavy (non-hydrogen) atoms. The van der Waals surface area contributed by atoms with E-state index >= 15 is 0 Å². The molecule has 1 aromatic rings. The smallest absolute Gasteiger partial charge is 0.195 e. The number of hydrogen-bond acceptors (Lipinski definition) is 2. The number of carbonyl (C=O) groups excluding carboxylic acids is 1. The lowest BCUT2D eigenvalue weighted by molar-refractivity contribution is -0.0110. The quantitative estimate of drug-likeness (QED) is 0.664. The Bertz CT molecular complexity index is 596. The Morgan fingerprint density at radius 3 is 2.58 bits per heavy atom. The molecular weight excluding hydrogens is 283 g/mol. The second kappa shape index (κ2) is 4.08. The minimum absolute atomic E-state index is 0.264. The third-order valence-electron chi connectivity index (χ3n) is 4.48. The normalized spacial score (nSPS) is 35.9. The molecule has 1 N–H and O–H groups in total. The largest absolute Gasteiger partial charge is 0.381 e. The SMILES string of the molecule is CC12C=CC(C1)CC2(O)C(=O)c1ccc(Cl)c(Cl)c1. The van der Waals surface area contributed by atoms with Crippen LogP contribution in [0.2, 0.25) is 10.0 Å². The van der Waals surface area contributed by atoms with Gasteiger partial charge in [-0.05, 0) is 37.0 Å². The highest BCUT2D eigenvalue weighted by molar-refractivity contribution is 6.42. The second-order valence-corrected chi connectivity index (χ2v) is 6.58. The minimum Gasteiger partial charge on any atom is -0.381 e. The Hall–Kier alpha value is -0.830. The van der Waals surface area contributed by atoms with E-state index in [2.05, 4.69) is 6.08 Å². The van der Waals surface area contributed by atoms with Crippen molar-refractivity contribution >= 4 is 29.0 Å². The van der Waals surface area contributed by atoms with E-state index in [1.54, 1.807) is 12.1 Å². The molecule has 3 atom stereocenters. The topological polar surface area (TPSA) is 37.3 Å². The molecule has 2 aliphatic carbocycles. The van der Waals surface area contributed by atoms with Gasteiger partial charge in [-0.25, -0.2) is 0 Å². The minimum atomic E-state index is -1.33. The highest BCUT2D eigenvalue weighted by atomic mass is 35.5. The summed E-state index contributed by atoms with van der Waals surface area (Å²) in [5.41, 5.74) is -1.39. The van der Waals surface area contributed by atoms with E-state index in [4.69, 9.17) is 23.2 Å². The Morgan fingerprint density at radius 1 is 1.32 bits per heavy atom. The van der Waals surface area contributed by atoms with Crippen LogP contribution in [0.15, 0.2) is 30.4 Å². The molecule has 100 valence electrons. The van der Waals surface area contributed by atoms with Crippen molar-refractivity contribution in [3.63, 3.8) is 0 Å². The maximum absolute atomic E-state index is 12.6. The second-order valence-electron chi connectivity index (χ2n) is 5.76. The first-order chi connectivity index (χ1) is 8.86. The molecule has 3 rings (SSSR count). The predicted octanol–water partition coefficient (Wildman–Crippen LogP) is 3.89. The molecule has 0 saturated heterocycles. The number of rotatable bonds is 2. The summed E-state index contributed by atoms with van der Waals surface area (Å²) in [7, 11) is 0. The van der Waals surface area contributed by atoms with Gasteiger partial charge in [-0.2, -0.15) is 0 Å². The van der Waals surface area contributed by atoms with Crippen molar-refractivity contribution in [2.45, 2.75) is 25.4 Å². The van der Waals surface area contributed by atoms with E-state index in [0.29, 0.717) is 27.9 Å². The molecule has 1 aromatic carbocycles. The highest BCUT2D eigenvalue weighted by Crippen LogP contribution is 2.56. The zero-order valence-electron chi connectivity index (χ0n) is 10.5. The van der Waals surface area contributed by atoms with E-state index in [1.807, 2.05) is 13.0 Å². The van der Waals surface area contributed by atoms with Crippen LogP contribution in [0.4, 0.5) is 0 Å². The first-order valence-corrected chi connectivity index (χ1v) is 7.03. The molecule has 0 heterocycles. The van der Waals surface area contributed by atoms with Crippen molar-refractivity contribution in [1.82, 2.24) is 0 Å². The molecule has 0 amide bonds. The Labute approximate surface area is 122 Å². The molecule has 0 spiro atoms. The van der Waals surface area contributed by atoms with Gasteiger partial charge in [-0.15, -0.1) is 0 Å². The molecule has 0 aromatic heterocycles. The summed E-state index contributed by atoms with van der Waals surface area (Å²) < 4.78 is 0. The van der Waals surface area contributed by atoms with Gasteiger partial charge >= 0.3 is 0 Å². The zero-order chi connectivity index (χ0) is 13.8. The number of aliphatic hydroxyl groups is 1. The van der Waals surface area contributed by atoms with E-state index in [1.165, 1.54) is 6.07 Å². The molecule has 3 unspecified atom stereocenters. The summed E-state index contributed by atoms with van der Waals surface area (Å²) in [5, 5.41) is 11.6. The standard InChI is InChI=1S/C15H14Cl2O2/c1-14-5-4-9(7-14)8-15(14,19)13(18)10-2-3-11(16)12(17)6-10/h2-6,9,19H,7-8H2,1H3. The summed E-state index contributed by atoms with van der Waals surface area (Å²) in [4.78, 5) is 12.6. The first kappa shape index (κ1) is 13.2. The van der Waals surface area contributed by atoms with E-state index in [0.717, 1.165) is 6.42 Å². The van der Waals surface area contributed by atoms with Gasteiger partial charge in [0.15, 0.2) is 5.78 Å². The lowest BCUT2D eigenvalue weighted by atomic mass is 9.71. The molecule has 1 saturated carbocycles. The van der Waals surface area contributed by atoms with Crippen LogP contribution >= 0.6 is 23.2 Å². The number of benzene rings is 1. The van der Waals surface area contributed by atoms with Crippen LogP contribution in [0.25, 0.3) is 0 Å². The number of carbonyl (C=O) groups is 1. The van der Waals surface area contributed by atoms with Gasteiger partial charge in [0.1, 0.15) is 5.60 Å². The van der Waals surface area contributed by atoms with E-state index < -0.39 is 11.0 Å². The predicted molar refractivity (Wildman–Crippen MR) is 75.7 cm³/mol. The van der Waals surface area contributed by atoms with Crippen LogP contribution < -0.4 is 0 Å². The van der Waals surface area contributed by atoms with Crippen LogP contribution in [0.1, 0.15) is 30.1 Å². The van der Waals surface area contributed by atoms with Crippen molar-refractivity contribution in [3.05, 3.63) is 46.0 Å². The summed E-state index contributed by atoms with van der Waals surface area (Å²) in [6.45, 7) is 1.94. The van der Waals surface area contributed by atoms with E-state index in [-0.39, 0.29) is 5.78 Å². The fourth-order valence-electron chi connectivity index (χ4n) is 3.32. The number of Topliss-reactive ketones (excluding diaryl/α,β-unsaturated/α-hetero) is 1. The fraction of sp³-hybridized carbons (Fsp3) is 0.400. The fourth-order valence-corrected chi connectivity index (χ4v) is 3.62. The molecule has 2 nitrogen and oxygen atoms in total. The highest BCUT2D eigenvalue weighted by Gasteiger charge is 2.59. The van der Waals surface area contributed by atoms with Gasteiger partial charge < -0.3 is 5.11 Å². The van der Waals surface area contributed by atoms with Gasteiger partial charge in [-0.1, -0.05) is 42.3 Å². The van der Waals surface area contributed by atoms with Crippen LogP contribution in [-0.2, 0) is 0 Å². The number of ketones is 1. The molecule has 0 aliphatic heterocycles. The van der Waals surface area contributed by atoms with Crippen LogP contribution in [-0.4, -0.2) is 16.5 Å². The van der Waals surface area contributed by atoms with Crippen molar-refractivity contribution in [2.75, 3.05) is 0 Å². The maximum Gasteiger partial charge on any atom is 0.195 e. The van der Waals surface area contributed by atoms with Gasteiger partial charge in [0.2, 0.25) is 0 Å². The molecule has 4 heteroatoms. The summed E-state index contributed by atoms with van der Waals surface area (Å²) in [6, 6.07) is 4.74. The Balaban J connectivity index is 2.00. The van der Waals surface area contributed by atoms with Gasteiger partial charge in [0.05, 0.1) is 10.0 Å². The van der Waals surface area contributed by atoms with Gasteiger partial charge in [0.25, 0.3) is 0 Å². The number of halogens is 2. The number of hydrogen-bond donors (Lipinski definition) is 1. The lowest BCUT2D eigenvalue weighted by Gasteiger charge is -2.36. The van der Waals surface area contributed by atoms with Crippen molar-refractivity contribution in [2.24, 2.45) is 11.3 Å². The average molecular weight is 297 g/mol. The zero-order valence-corrected chi connectivity index (χ0v) is 12.0. The third kappa shape index (κ3) is 1.78. The van der Waals surface area contributed by atoms with E-state index in [9.17, 15) is 9.90 Å². The summed E-state index contributed by atoms with van der Waals surface area (Å²) in [6.07, 6.45) is 5.38. The Morgan fingerprint density at radius 2 is 2.05 bits per heavy atom. The number of fused-ring (bicyclic) bond motifs is 2. The molecule has 0 radical (unpaired) electrons.